The molecule has 3 aromatic carbocycles. The minimum absolute atomic E-state index is 0.0640. The van der Waals surface area contributed by atoms with Gasteiger partial charge in [0.2, 0.25) is 0 Å². The second kappa shape index (κ2) is 10.0. The average molecular weight is 388 g/mol. The van der Waals surface area contributed by atoms with Crippen molar-refractivity contribution in [3.05, 3.63) is 102 Å². The Balaban J connectivity index is 1.60. The SMILES string of the molecule is O=C(/C=C/c1ccc(C(=O)c2ccc(OCCO)cc2)cc1)Oc1ccccc1. The summed E-state index contributed by atoms with van der Waals surface area (Å²) in [6, 6.07) is 22.5. The number of para-hydroxylation sites is 1. The zero-order valence-electron chi connectivity index (χ0n) is 15.7. The maximum Gasteiger partial charge on any atom is 0.336 e. The summed E-state index contributed by atoms with van der Waals surface area (Å²) in [6.07, 6.45) is 2.97. The second-order valence-electron chi connectivity index (χ2n) is 6.12. The first-order valence-corrected chi connectivity index (χ1v) is 9.09. The molecule has 0 saturated heterocycles. The number of carbonyl (C=O) groups excluding carboxylic acids is 2. The van der Waals surface area contributed by atoms with E-state index < -0.39 is 5.97 Å². The van der Waals surface area contributed by atoms with Gasteiger partial charge in [0.1, 0.15) is 18.1 Å². The number of ether oxygens (including phenoxy) is 2. The van der Waals surface area contributed by atoms with Gasteiger partial charge in [0.05, 0.1) is 6.61 Å². The summed E-state index contributed by atoms with van der Waals surface area (Å²) in [4.78, 5) is 24.4. The van der Waals surface area contributed by atoms with Crippen LogP contribution in [0.1, 0.15) is 21.5 Å². The highest BCUT2D eigenvalue weighted by atomic mass is 16.5. The predicted octanol–water partition coefficient (Wildman–Crippen LogP) is 3.91. The zero-order valence-corrected chi connectivity index (χ0v) is 15.7. The van der Waals surface area contributed by atoms with Gasteiger partial charge in [-0.25, -0.2) is 4.79 Å². The number of ketones is 1. The van der Waals surface area contributed by atoms with E-state index in [1.54, 1.807) is 78.9 Å². The van der Waals surface area contributed by atoms with Gasteiger partial charge in [0, 0.05) is 17.2 Å². The number of benzene rings is 3. The van der Waals surface area contributed by atoms with E-state index in [1.165, 1.54) is 6.08 Å². The molecule has 0 aliphatic rings. The largest absolute Gasteiger partial charge is 0.491 e. The number of aliphatic hydroxyl groups is 1. The molecular weight excluding hydrogens is 368 g/mol. The van der Waals surface area contributed by atoms with Gasteiger partial charge >= 0.3 is 5.97 Å². The standard InChI is InChI=1S/C24H20O5/c25-16-17-28-21-13-11-20(12-14-21)24(27)19-9-6-18(7-10-19)8-15-23(26)29-22-4-2-1-3-5-22/h1-15,25H,16-17H2/b15-8+. The van der Waals surface area contributed by atoms with Crippen molar-refractivity contribution in [3.8, 4) is 11.5 Å². The van der Waals surface area contributed by atoms with Crippen LogP contribution in [0.5, 0.6) is 11.5 Å². The molecule has 3 aromatic rings. The topological polar surface area (TPSA) is 72.8 Å². The Labute approximate surface area is 168 Å². The third kappa shape index (κ3) is 5.89. The highest BCUT2D eigenvalue weighted by Gasteiger charge is 2.09. The molecule has 0 heterocycles. The lowest BCUT2D eigenvalue weighted by Crippen LogP contribution is -2.04. The molecule has 29 heavy (non-hydrogen) atoms. The van der Waals surface area contributed by atoms with Gasteiger partial charge in [-0.05, 0) is 48.0 Å². The van der Waals surface area contributed by atoms with Gasteiger partial charge in [-0.2, -0.15) is 0 Å². The molecule has 0 fully saturated rings. The molecule has 5 heteroatoms. The van der Waals surface area contributed by atoms with Crippen molar-refractivity contribution in [1.29, 1.82) is 0 Å². The third-order valence-corrected chi connectivity index (χ3v) is 4.02. The number of aliphatic hydroxyl groups excluding tert-OH is 1. The molecular formula is C24H20O5. The molecule has 0 spiro atoms. The van der Waals surface area contributed by atoms with E-state index in [0.29, 0.717) is 22.6 Å². The number of esters is 1. The number of rotatable bonds is 8. The van der Waals surface area contributed by atoms with Gasteiger partial charge in [-0.3, -0.25) is 4.79 Å². The maximum absolute atomic E-state index is 12.6. The third-order valence-electron chi connectivity index (χ3n) is 4.02. The van der Waals surface area contributed by atoms with Crippen LogP contribution in [-0.2, 0) is 4.79 Å². The van der Waals surface area contributed by atoms with Crippen molar-refractivity contribution < 1.29 is 24.2 Å². The second-order valence-corrected chi connectivity index (χ2v) is 6.12. The van der Waals surface area contributed by atoms with E-state index in [-0.39, 0.29) is 19.0 Å². The van der Waals surface area contributed by atoms with Crippen LogP contribution in [0, 0.1) is 0 Å². The number of hydrogen-bond donors (Lipinski definition) is 1. The first-order chi connectivity index (χ1) is 14.2. The zero-order chi connectivity index (χ0) is 20.5. The number of hydrogen-bond acceptors (Lipinski definition) is 5. The van der Waals surface area contributed by atoms with Crippen LogP contribution >= 0.6 is 0 Å². The quantitative estimate of drug-likeness (QED) is 0.274. The molecule has 0 aliphatic carbocycles. The molecule has 0 unspecified atom stereocenters. The van der Waals surface area contributed by atoms with Crippen LogP contribution < -0.4 is 9.47 Å². The maximum atomic E-state index is 12.6. The molecule has 0 saturated carbocycles. The lowest BCUT2D eigenvalue weighted by Gasteiger charge is -2.06. The lowest BCUT2D eigenvalue weighted by molar-refractivity contribution is -0.128. The molecule has 3 rings (SSSR count). The summed E-state index contributed by atoms with van der Waals surface area (Å²) < 4.78 is 10.5. The predicted molar refractivity (Wildman–Crippen MR) is 110 cm³/mol. The van der Waals surface area contributed by atoms with E-state index in [2.05, 4.69) is 0 Å². The van der Waals surface area contributed by atoms with Crippen LogP contribution in [0.3, 0.4) is 0 Å². The average Bonchev–Trinajstić information content (AvgIpc) is 2.77. The van der Waals surface area contributed by atoms with Gasteiger partial charge in [0.15, 0.2) is 5.78 Å². The molecule has 0 aliphatic heterocycles. The molecule has 0 aromatic heterocycles. The fourth-order valence-corrected chi connectivity index (χ4v) is 2.58. The summed E-state index contributed by atoms with van der Waals surface area (Å²) in [5.41, 5.74) is 1.86. The van der Waals surface area contributed by atoms with Crippen molar-refractivity contribution in [3.63, 3.8) is 0 Å². The van der Waals surface area contributed by atoms with Crippen molar-refractivity contribution >= 4 is 17.8 Å². The summed E-state index contributed by atoms with van der Waals surface area (Å²) in [5.74, 6) is 0.493. The molecule has 0 atom stereocenters. The van der Waals surface area contributed by atoms with E-state index in [9.17, 15) is 9.59 Å². The van der Waals surface area contributed by atoms with Gasteiger partial charge in [-0.1, -0.05) is 42.5 Å². The van der Waals surface area contributed by atoms with Crippen LogP contribution in [0.25, 0.3) is 6.08 Å². The highest BCUT2D eigenvalue weighted by molar-refractivity contribution is 6.09. The Hall–Kier alpha value is -3.70. The van der Waals surface area contributed by atoms with E-state index >= 15 is 0 Å². The monoisotopic (exact) mass is 388 g/mol. The summed E-state index contributed by atoms with van der Waals surface area (Å²) in [5, 5.41) is 8.77. The minimum Gasteiger partial charge on any atom is -0.491 e. The van der Waals surface area contributed by atoms with Crippen molar-refractivity contribution in [2.45, 2.75) is 0 Å². The highest BCUT2D eigenvalue weighted by Crippen LogP contribution is 2.16. The Morgan fingerprint density at radius 1 is 0.793 bits per heavy atom. The lowest BCUT2D eigenvalue weighted by atomic mass is 10.0. The first kappa shape index (κ1) is 20.0. The number of carbonyl (C=O) groups is 2. The molecule has 0 amide bonds. The molecule has 0 radical (unpaired) electrons. The minimum atomic E-state index is -0.472. The van der Waals surface area contributed by atoms with Crippen LogP contribution in [0.2, 0.25) is 0 Å². The summed E-state index contributed by atoms with van der Waals surface area (Å²) >= 11 is 0. The molecule has 5 nitrogen and oxygen atoms in total. The van der Waals surface area contributed by atoms with Crippen LogP contribution in [0.15, 0.2) is 84.9 Å². The fraction of sp³-hybridized carbons (Fsp3) is 0.0833. The van der Waals surface area contributed by atoms with Gasteiger partial charge in [-0.15, -0.1) is 0 Å². The van der Waals surface area contributed by atoms with Gasteiger partial charge in [0.25, 0.3) is 0 Å². The van der Waals surface area contributed by atoms with Crippen molar-refractivity contribution in [1.82, 2.24) is 0 Å². The smallest absolute Gasteiger partial charge is 0.336 e. The Bertz CT molecular complexity index is 974. The van der Waals surface area contributed by atoms with Crippen molar-refractivity contribution in [2.75, 3.05) is 13.2 Å². The van der Waals surface area contributed by atoms with E-state index in [4.69, 9.17) is 14.6 Å². The van der Waals surface area contributed by atoms with Crippen molar-refractivity contribution in [2.24, 2.45) is 0 Å². The normalized spacial score (nSPS) is 10.7. The first-order valence-electron chi connectivity index (χ1n) is 9.09. The fourth-order valence-electron chi connectivity index (χ4n) is 2.58. The van der Waals surface area contributed by atoms with Gasteiger partial charge < -0.3 is 14.6 Å². The molecule has 0 bridgehead atoms. The van der Waals surface area contributed by atoms with Crippen LogP contribution in [0.4, 0.5) is 0 Å². The molecule has 1 N–H and O–H groups in total. The Kier molecular flexibility index (Phi) is 6.92. The van der Waals surface area contributed by atoms with Crippen LogP contribution in [-0.4, -0.2) is 30.1 Å². The van der Waals surface area contributed by atoms with E-state index in [1.807, 2.05) is 6.07 Å². The summed E-state index contributed by atoms with van der Waals surface area (Å²) in [6.45, 7) is 0.145. The van der Waals surface area contributed by atoms with E-state index in [0.717, 1.165) is 5.56 Å². The summed E-state index contributed by atoms with van der Waals surface area (Å²) in [7, 11) is 0. The Morgan fingerprint density at radius 2 is 1.41 bits per heavy atom. The molecule has 146 valence electrons. The Morgan fingerprint density at radius 3 is 2.03 bits per heavy atom.